The van der Waals surface area contributed by atoms with Gasteiger partial charge in [0.05, 0.1) is 11.0 Å². The van der Waals surface area contributed by atoms with Crippen molar-refractivity contribution in [2.75, 3.05) is 18.8 Å². The fourth-order valence-corrected chi connectivity index (χ4v) is 3.95. The lowest BCUT2D eigenvalue weighted by atomic mass is 10.1. The van der Waals surface area contributed by atoms with Crippen LogP contribution in [0.3, 0.4) is 0 Å². The van der Waals surface area contributed by atoms with E-state index in [1.54, 1.807) is 19.1 Å². The number of aliphatic hydroxyl groups is 1. The molecule has 6 heteroatoms. The summed E-state index contributed by atoms with van der Waals surface area (Å²) < 4.78 is 26.3. The highest BCUT2D eigenvalue weighted by Crippen LogP contribution is 2.25. The number of nitrogens with two attached hydrogens (primary N) is 1. The van der Waals surface area contributed by atoms with Gasteiger partial charge in [-0.1, -0.05) is 6.07 Å². The predicted octanol–water partition coefficient (Wildman–Crippen LogP) is 0.723. The van der Waals surface area contributed by atoms with Crippen LogP contribution in [0.1, 0.15) is 18.4 Å². The average Bonchev–Trinajstić information content (AvgIpc) is 2.32. The van der Waals surface area contributed by atoms with Crippen molar-refractivity contribution < 1.29 is 13.5 Å². The molecule has 2 rings (SSSR count). The topological polar surface area (TPSA) is 83.6 Å². The summed E-state index contributed by atoms with van der Waals surface area (Å²) in [5.74, 6) is 0. The Morgan fingerprint density at radius 1 is 1.44 bits per heavy atom. The second kappa shape index (κ2) is 4.87. The molecular weight excluding hydrogens is 252 g/mol. The third-order valence-electron chi connectivity index (χ3n) is 3.19. The van der Waals surface area contributed by atoms with E-state index in [0.29, 0.717) is 30.6 Å². The normalized spacial score (nSPS) is 22.0. The molecule has 1 aromatic rings. The van der Waals surface area contributed by atoms with Crippen molar-refractivity contribution in [3.05, 3.63) is 23.8 Å². The molecule has 100 valence electrons. The largest absolute Gasteiger partial charge is 0.399 e. The first-order valence-electron chi connectivity index (χ1n) is 5.95. The van der Waals surface area contributed by atoms with E-state index >= 15 is 0 Å². The molecule has 1 aliphatic rings. The second-order valence-electron chi connectivity index (χ2n) is 4.68. The van der Waals surface area contributed by atoms with Gasteiger partial charge in [-0.05, 0) is 37.5 Å². The van der Waals surface area contributed by atoms with E-state index in [2.05, 4.69) is 0 Å². The lowest BCUT2D eigenvalue weighted by molar-refractivity contribution is 0.108. The molecular formula is C12H18N2O3S. The summed E-state index contributed by atoms with van der Waals surface area (Å²) in [5, 5.41) is 9.58. The zero-order valence-corrected chi connectivity index (χ0v) is 11.2. The van der Waals surface area contributed by atoms with Crippen LogP contribution < -0.4 is 5.73 Å². The summed E-state index contributed by atoms with van der Waals surface area (Å²) in [7, 11) is -3.55. The Morgan fingerprint density at radius 2 is 2.17 bits per heavy atom. The summed E-state index contributed by atoms with van der Waals surface area (Å²) in [5.41, 5.74) is 6.75. The molecule has 1 aromatic carbocycles. The molecule has 1 atom stereocenters. The minimum atomic E-state index is -3.55. The highest BCUT2D eigenvalue weighted by atomic mass is 32.2. The zero-order chi connectivity index (χ0) is 13.3. The molecule has 0 aliphatic carbocycles. The molecule has 0 aromatic heterocycles. The van der Waals surface area contributed by atoms with Crippen LogP contribution in [-0.2, 0) is 10.0 Å². The van der Waals surface area contributed by atoms with E-state index in [9.17, 15) is 13.5 Å². The van der Waals surface area contributed by atoms with Gasteiger partial charge in [0.15, 0.2) is 0 Å². The van der Waals surface area contributed by atoms with Crippen molar-refractivity contribution >= 4 is 15.7 Å². The number of aryl methyl sites for hydroxylation is 1. The first-order valence-corrected chi connectivity index (χ1v) is 7.39. The monoisotopic (exact) mass is 270 g/mol. The van der Waals surface area contributed by atoms with Crippen LogP contribution in [0.2, 0.25) is 0 Å². The molecule has 0 unspecified atom stereocenters. The number of nitrogen functional groups attached to an aromatic ring is 1. The molecule has 0 spiro atoms. The summed E-state index contributed by atoms with van der Waals surface area (Å²) in [6.07, 6.45) is 0.763. The van der Waals surface area contributed by atoms with Gasteiger partial charge in [-0.2, -0.15) is 4.31 Å². The zero-order valence-electron chi connectivity index (χ0n) is 10.3. The Labute approximate surface area is 107 Å². The third kappa shape index (κ3) is 2.50. The van der Waals surface area contributed by atoms with Crippen LogP contribution in [0.25, 0.3) is 0 Å². The Balaban J connectivity index is 2.38. The lowest BCUT2D eigenvalue weighted by Crippen LogP contribution is -2.42. The Bertz CT molecular complexity index is 542. The van der Waals surface area contributed by atoms with Gasteiger partial charge in [-0.15, -0.1) is 0 Å². The lowest BCUT2D eigenvalue weighted by Gasteiger charge is -2.29. The molecule has 0 radical (unpaired) electrons. The molecule has 18 heavy (non-hydrogen) atoms. The number of hydrogen-bond acceptors (Lipinski definition) is 4. The standard InChI is InChI=1S/C12H18N2O3S/c1-9-4-5-10(13)7-12(9)18(16,17)14-6-2-3-11(15)8-14/h4-5,7,11,15H,2-3,6,8,13H2,1H3/t11-/m0/s1. The van der Waals surface area contributed by atoms with E-state index in [4.69, 9.17) is 5.73 Å². The fourth-order valence-electron chi connectivity index (χ4n) is 2.17. The van der Waals surface area contributed by atoms with Gasteiger partial charge in [0.25, 0.3) is 0 Å². The first-order chi connectivity index (χ1) is 8.41. The number of β-amino-alcohol motifs (C(OH)–C–C–N with tert-alkyl or cyclic N) is 1. The summed E-state index contributed by atoms with van der Waals surface area (Å²) in [6.45, 7) is 2.36. The summed E-state index contributed by atoms with van der Waals surface area (Å²) >= 11 is 0. The Morgan fingerprint density at radius 3 is 2.83 bits per heavy atom. The van der Waals surface area contributed by atoms with Gasteiger partial charge < -0.3 is 10.8 Å². The van der Waals surface area contributed by atoms with Crippen molar-refractivity contribution in [3.63, 3.8) is 0 Å². The van der Waals surface area contributed by atoms with Crippen LogP contribution in [0.5, 0.6) is 0 Å². The minimum Gasteiger partial charge on any atom is -0.399 e. The molecule has 1 aliphatic heterocycles. The van der Waals surface area contributed by atoms with E-state index in [1.807, 2.05) is 0 Å². The quantitative estimate of drug-likeness (QED) is 0.776. The number of benzene rings is 1. The van der Waals surface area contributed by atoms with E-state index in [-0.39, 0.29) is 11.4 Å². The highest BCUT2D eigenvalue weighted by Gasteiger charge is 2.30. The number of anilines is 1. The minimum absolute atomic E-state index is 0.163. The summed E-state index contributed by atoms with van der Waals surface area (Å²) in [6, 6.07) is 4.85. The van der Waals surface area contributed by atoms with Gasteiger partial charge in [0.2, 0.25) is 10.0 Å². The van der Waals surface area contributed by atoms with Crippen molar-refractivity contribution in [2.45, 2.75) is 30.8 Å². The van der Waals surface area contributed by atoms with Crippen molar-refractivity contribution in [1.82, 2.24) is 4.31 Å². The van der Waals surface area contributed by atoms with Crippen LogP contribution in [0.4, 0.5) is 5.69 Å². The van der Waals surface area contributed by atoms with E-state index in [1.165, 1.54) is 10.4 Å². The smallest absolute Gasteiger partial charge is 0.243 e. The fraction of sp³-hybridized carbons (Fsp3) is 0.500. The maximum absolute atomic E-state index is 12.5. The average molecular weight is 270 g/mol. The van der Waals surface area contributed by atoms with Gasteiger partial charge in [-0.25, -0.2) is 8.42 Å². The van der Waals surface area contributed by atoms with E-state index in [0.717, 1.165) is 0 Å². The van der Waals surface area contributed by atoms with Crippen LogP contribution in [-0.4, -0.2) is 37.0 Å². The maximum atomic E-state index is 12.5. The number of aliphatic hydroxyl groups excluding tert-OH is 1. The molecule has 1 fully saturated rings. The molecule has 5 nitrogen and oxygen atoms in total. The molecule has 1 heterocycles. The SMILES string of the molecule is Cc1ccc(N)cc1S(=O)(=O)N1CCC[C@H](O)C1. The molecule has 0 bridgehead atoms. The first kappa shape index (κ1) is 13.3. The van der Waals surface area contributed by atoms with Crippen molar-refractivity contribution in [3.8, 4) is 0 Å². The summed E-state index contributed by atoms with van der Waals surface area (Å²) in [4.78, 5) is 0.233. The van der Waals surface area contributed by atoms with Crippen LogP contribution >= 0.6 is 0 Å². The van der Waals surface area contributed by atoms with Crippen LogP contribution in [0.15, 0.2) is 23.1 Å². The molecule has 3 N–H and O–H groups in total. The Kier molecular flexibility index (Phi) is 3.61. The second-order valence-corrected chi connectivity index (χ2v) is 6.59. The molecule has 0 saturated carbocycles. The predicted molar refractivity (Wildman–Crippen MR) is 69.6 cm³/mol. The third-order valence-corrected chi connectivity index (χ3v) is 5.20. The van der Waals surface area contributed by atoms with Crippen molar-refractivity contribution in [2.24, 2.45) is 0 Å². The maximum Gasteiger partial charge on any atom is 0.243 e. The number of hydrogen-bond donors (Lipinski definition) is 2. The Hall–Kier alpha value is -1.11. The number of rotatable bonds is 2. The van der Waals surface area contributed by atoms with Gasteiger partial charge in [0.1, 0.15) is 0 Å². The molecule has 0 amide bonds. The van der Waals surface area contributed by atoms with Gasteiger partial charge in [-0.3, -0.25) is 0 Å². The van der Waals surface area contributed by atoms with Crippen LogP contribution in [0, 0.1) is 6.92 Å². The number of nitrogens with zero attached hydrogens (tertiary/aromatic N) is 1. The van der Waals surface area contributed by atoms with Gasteiger partial charge >= 0.3 is 0 Å². The number of sulfonamides is 1. The number of piperidine rings is 1. The van der Waals surface area contributed by atoms with Crippen molar-refractivity contribution in [1.29, 1.82) is 0 Å². The highest BCUT2D eigenvalue weighted by molar-refractivity contribution is 7.89. The van der Waals surface area contributed by atoms with Gasteiger partial charge in [0, 0.05) is 18.8 Å². The molecule has 1 saturated heterocycles. The van der Waals surface area contributed by atoms with E-state index < -0.39 is 16.1 Å².